The second-order valence-corrected chi connectivity index (χ2v) is 9.28. The maximum atomic E-state index is 14.0. The first-order valence-electron chi connectivity index (χ1n) is 12.5. The standard InChI is InChI=1S/C27H37N3O5S.ClH/c1-7-32-20-12-13-21-24(18-20)36-27(28-21)30(15-11-14-29(5)6)26(31)19-16-22(33-8-2)25(35-10-4)23(17-19)34-9-3;/h12-13,16-18H,7-11,14-15H2,1-6H3;1H. The van der Waals surface area contributed by atoms with E-state index in [0.29, 0.717) is 60.9 Å². The molecule has 3 rings (SSSR count). The third-order valence-electron chi connectivity index (χ3n) is 5.28. The largest absolute Gasteiger partial charge is 0.494 e. The van der Waals surface area contributed by atoms with Gasteiger partial charge in [0.25, 0.3) is 5.91 Å². The Bertz CT molecular complexity index is 1130. The molecule has 0 spiro atoms. The summed E-state index contributed by atoms with van der Waals surface area (Å²) in [5.41, 5.74) is 1.30. The van der Waals surface area contributed by atoms with Crippen LogP contribution in [-0.2, 0) is 0 Å². The van der Waals surface area contributed by atoms with E-state index in [0.717, 1.165) is 28.9 Å². The predicted molar refractivity (Wildman–Crippen MR) is 153 cm³/mol. The molecule has 1 aromatic heterocycles. The Balaban J connectivity index is 0.00000481. The maximum Gasteiger partial charge on any atom is 0.260 e. The fourth-order valence-corrected chi connectivity index (χ4v) is 4.78. The molecule has 3 aromatic rings. The van der Waals surface area contributed by atoms with Gasteiger partial charge in [0.15, 0.2) is 16.6 Å². The molecular formula is C27H38ClN3O5S. The highest BCUT2D eigenvalue weighted by molar-refractivity contribution is 7.22. The zero-order valence-electron chi connectivity index (χ0n) is 22.5. The number of amides is 1. The predicted octanol–water partition coefficient (Wildman–Crippen LogP) is 5.91. The number of aromatic nitrogens is 1. The molecule has 0 saturated heterocycles. The Labute approximate surface area is 229 Å². The monoisotopic (exact) mass is 551 g/mol. The van der Waals surface area contributed by atoms with Gasteiger partial charge in [-0.1, -0.05) is 11.3 Å². The van der Waals surface area contributed by atoms with Crippen molar-refractivity contribution in [3.05, 3.63) is 35.9 Å². The van der Waals surface area contributed by atoms with E-state index in [2.05, 4.69) is 4.90 Å². The molecule has 0 aliphatic heterocycles. The number of carbonyl (C=O) groups is 1. The lowest BCUT2D eigenvalue weighted by Gasteiger charge is -2.22. The van der Waals surface area contributed by atoms with Crippen LogP contribution >= 0.6 is 23.7 Å². The molecule has 0 aliphatic carbocycles. The molecule has 0 radical (unpaired) electrons. The molecule has 1 heterocycles. The number of rotatable bonds is 14. The van der Waals surface area contributed by atoms with Crippen molar-refractivity contribution in [2.75, 3.05) is 58.5 Å². The highest BCUT2D eigenvalue weighted by Crippen LogP contribution is 2.40. The van der Waals surface area contributed by atoms with Gasteiger partial charge in [0.2, 0.25) is 5.75 Å². The Hall–Kier alpha value is -2.75. The van der Waals surface area contributed by atoms with E-state index in [4.69, 9.17) is 23.9 Å². The number of carbonyl (C=O) groups excluding carboxylic acids is 1. The summed E-state index contributed by atoms with van der Waals surface area (Å²) in [4.78, 5) is 22.6. The van der Waals surface area contributed by atoms with Crippen LogP contribution in [-0.4, -0.2) is 69.4 Å². The first-order valence-corrected chi connectivity index (χ1v) is 13.3. The first-order chi connectivity index (χ1) is 17.4. The van der Waals surface area contributed by atoms with E-state index in [1.54, 1.807) is 17.0 Å². The summed E-state index contributed by atoms with van der Waals surface area (Å²) in [7, 11) is 4.04. The lowest BCUT2D eigenvalue weighted by molar-refractivity contribution is 0.0985. The van der Waals surface area contributed by atoms with Gasteiger partial charge in [0.05, 0.1) is 36.6 Å². The summed E-state index contributed by atoms with van der Waals surface area (Å²) >= 11 is 1.48. The molecule has 0 aliphatic rings. The average molecular weight is 552 g/mol. The van der Waals surface area contributed by atoms with Crippen LogP contribution in [0.2, 0.25) is 0 Å². The Kier molecular flexibility index (Phi) is 12.2. The summed E-state index contributed by atoms with van der Waals surface area (Å²) in [5, 5.41) is 0.646. The molecule has 8 nitrogen and oxygen atoms in total. The van der Waals surface area contributed by atoms with Crippen molar-refractivity contribution >= 4 is 45.0 Å². The number of thiazole rings is 1. The summed E-state index contributed by atoms with van der Waals surface area (Å²) in [6.45, 7) is 11.0. The molecule has 0 unspecified atom stereocenters. The van der Waals surface area contributed by atoms with Gasteiger partial charge >= 0.3 is 0 Å². The molecule has 0 fully saturated rings. The zero-order chi connectivity index (χ0) is 26.1. The summed E-state index contributed by atoms with van der Waals surface area (Å²) < 4.78 is 24.1. The minimum atomic E-state index is -0.164. The number of hydrogen-bond acceptors (Lipinski definition) is 8. The van der Waals surface area contributed by atoms with E-state index < -0.39 is 0 Å². The number of nitrogens with zero attached hydrogens (tertiary/aromatic N) is 3. The number of fused-ring (bicyclic) bond motifs is 1. The van der Waals surface area contributed by atoms with Crippen LogP contribution in [0.5, 0.6) is 23.0 Å². The topological polar surface area (TPSA) is 73.4 Å². The Morgan fingerprint density at radius 3 is 2.05 bits per heavy atom. The molecule has 2 aromatic carbocycles. The fraction of sp³-hybridized carbons (Fsp3) is 0.481. The number of hydrogen-bond donors (Lipinski definition) is 0. The molecule has 10 heteroatoms. The molecular weight excluding hydrogens is 514 g/mol. The quantitative estimate of drug-likeness (QED) is 0.246. The van der Waals surface area contributed by atoms with Crippen LogP contribution < -0.4 is 23.8 Å². The third kappa shape index (κ3) is 7.87. The van der Waals surface area contributed by atoms with Crippen LogP contribution in [0.1, 0.15) is 44.5 Å². The number of anilines is 1. The van der Waals surface area contributed by atoms with Gasteiger partial charge in [-0.25, -0.2) is 4.98 Å². The number of ether oxygens (including phenoxy) is 4. The van der Waals surface area contributed by atoms with Crippen LogP contribution in [0.25, 0.3) is 10.2 Å². The number of benzene rings is 2. The fourth-order valence-electron chi connectivity index (χ4n) is 3.76. The van der Waals surface area contributed by atoms with E-state index in [1.165, 1.54) is 11.3 Å². The molecule has 0 N–H and O–H groups in total. The van der Waals surface area contributed by atoms with E-state index in [9.17, 15) is 4.79 Å². The highest BCUT2D eigenvalue weighted by Gasteiger charge is 2.25. The van der Waals surface area contributed by atoms with E-state index in [-0.39, 0.29) is 18.3 Å². The lowest BCUT2D eigenvalue weighted by atomic mass is 10.1. The molecule has 37 heavy (non-hydrogen) atoms. The van der Waals surface area contributed by atoms with Gasteiger partial charge < -0.3 is 23.8 Å². The van der Waals surface area contributed by atoms with Crippen molar-refractivity contribution in [2.24, 2.45) is 0 Å². The van der Waals surface area contributed by atoms with Crippen LogP contribution in [0.4, 0.5) is 5.13 Å². The van der Waals surface area contributed by atoms with Gasteiger partial charge in [-0.2, -0.15) is 0 Å². The summed E-state index contributed by atoms with van der Waals surface area (Å²) in [5.74, 6) is 2.13. The first kappa shape index (κ1) is 30.5. The Morgan fingerprint density at radius 1 is 0.865 bits per heavy atom. The van der Waals surface area contributed by atoms with Crippen LogP contribution in [0.3, 0.4) is 0 Å². The Morgan fingerprint density at radius 2 is 1.49 bits per heavy atom. The SMILES string of the molecule is CCOc1ccc2nc(N(CCCN(C)C)C(=O)c3cc(OCC)c(OCC)c(OCC)c3)sc2c1.Cl. The minimum absolute atomic E-state index is 0. The van der Waals surface area contributed by atoms with Gasteiger partial charge in [0.1, 0.15) is 5.75 Å². The molecule has 0 saturated carbocycles. The third-order valence-corrected chi connectivity index (χ3v) is 6.32. The van der Waals surface area contributed by atoms with Crippen molar-refractivity contribution < 1.29 is 23.7 Å². The van der Waals surface area contributed by atoms with Gasteiger partial charge in [-0.3, -0.25) is 9.69 Å². The van der Waals surface area contributed by atoms with Crippen LogP contribution in [0.15, 0.2) is 30.3 Å². The smallest absolute Gasteiger partial charge is 0.260 e. The van der Waals surface area contributed by atoms with Gasteiger partial charge in [-0.15, -0.1) is 12.4 Å². The van der Waals surface area contributed by atoms with E-state index >= 15 is 0 Å². The summed E-state index contributed by atoms with van der Waals surface area (Å²) in [6.07, 6.45) is 0.798. The molecule has 0 atom stereocenters. The minimum Gasteiger partial charge on any atom is -0.494 e. The highest BCUT2D eigenvalue weighted by atomic mass is 35.5. The summed E-state index contributed by atoms with van der Waals surface area (Å²) in [6, 6.07) is 9.28. The van der Waals surface area contributed by atoms with Crippen molar-refractivity contribution in [2.45, 2.75) is 34.1 Å². The van der Waals surface area contributed by atoms with Crippen LogP contribution in [0, 0.1) is 0 Å². The van der Waals surface area contributed by atoms with Gasteiger partial charge in [-0.05, 0) is 85.1 Å². The second-order valence-electron chi connectivity index (χ2n) is 8.27. The number of halogens is 1. The molecule has 0 bridgehead atoms. The normalized spacial score (nSPS) is 10.8. The lowest BCUT2D eigenvalue weighted by Crippen LogP contribution is -2.33. The molecule has 1 amide bonds. The zero-order valence-corrected chi connectivity index (χ0v) is 24.2. The van der Waals surface area contributed by atoms with Crippen molar-refractivity contribution in [1.82, 2.24) is 9.88 Å². The second kappa shape index (κ2) is 14.9. The van der Waals surface area contributed by atoms with Gasteiger partial charge in [0, 0.05) is 12.1 Å². The van der Waals surface area contributed by atoms with Crippen molar-refractivity contribution in [1.29, 1.82) is 0 Å². The van der Waals surface area contributed by atoms with E-state index in [1.807, 2.05) is 60.0 Å². The van der Waals surface area contributed by atoms with Crippen molar-refractivity contribution in [3.8, 4) is 23.0 Å². The average Bonchev–Trinajstić information content (AvgIpc) is 3.26. The van der Waals surface area contributed by atoms with Crippen molar-refractivity contribution in [3.63, 3.8) is 0 Å². The maximum absolute atomic E-state index is 14.0. The molecule has 204 valence electrons.